The van der Waals surface area contributed by atoms with Crippen LogP contribution in [-0.2, 0) is 0 Å². The van der Waals surface area contributed by atoms with Gasteiger partial charge in [0.2, 0.25) is 0 Å². The highest BCUT2D eigenvalue weighted by Gasteiger charge is 2.25. The van der Waals surface area contributed by atoms with Crippen LogP contribution in [0.5, 0.6) is 0 Å². The van der Waals surface area contributed by atoms with Crippen LogP contribution in [0.25, 0.3) is 0 Å². The Bertz CT molecular complexity index is 156. The molecule has 0 saturated carbocycles. The summed E-state index contributed by atoms with van der Waals surface area (Å²) in [7, 11) is 0. The monoisotopic (exact) mass is 198 g/mol. The van der Waals surface area contributed by atoms with E-state index in [-0.39, 0.29) is 0 Å². The quantitative estimate of drug-likeness (QED) is 0.722. The molecule has 1 rings (SSSR count). The average molecular weight is 198 g/mol. The largest absolute Gasteiger partial charge is 0.314 e. The number of hydrogen-bond acceptors (Lipinski definition) is 2. The predicted molar refractivity (Wildman–Crippen MR) is 62.5 cm³/mol. The van der Waals surface area contributed by atoms with E-state index in [0.717, 1.165) is 24.9 Å². The molecule has 1 aliphatic heterocycles. The Balaban J connectivity index is 2.39. The van der Waals surface area contributed by atoms with Gasteiger partial charge in [0.05, 0.1) is 0 Å². The van der Waals surface area contributed by atoms with Crippen LogP contribution in [0.1, 0.15) is 40.5 Å². The molecule has 84 valence electrons. The van der Waals surface area contributed by atoms with E-state index >= 15 is 0 Å². The maximum Gasteiger partial charge on any atom is 0.0221 e. The van der Waals surface area contributed by atoms with E-state index in [0.29, 0.717) is 12.1 Å². The van der Waals surface area contributed by atoms with Crippen molar-refractivity contribution in [3.8, 4) is 0 Å². The zero-order valence-electron chi connectivity index (χ0n) is 10.1. The van der Waals surface area contributed by atoms with Crippen LogP contribution >= 0.6 is 0 Å². The first-order valence-electron chi connectivity index (χ1n) is 6.12. The third-order valence-corrected chi connectivity index (χ3v) is 3.39. The van der Waals surface area contributed by atoms with Gasteiger partial charge < -0.3 is 10.6 Å². The fourth-order valence-electron chi connectivity index (χ4n) is 2.24. The highest BCUT2D eigenvalue weighted by atomic mass is 15.1. The Hall–Kier alpha value is -0.0800. The second-order valence-electron chi connectivity index (χ2n) is 5.05. The zero-order chi connectivity index (χ0) is 10.6. The minimum atomic E-state index is 0.660. The van der Waals surface area contributed by atoms with Gasteiger partial charge in [0, 0.05) is 25.2 Å². The molecule has 0 spiro atoms. The van der Waals surface area contributed by atoms with Crippen LogP contribution in [0.15, 0.2) is 0 Å². The molecule has 3 atom stereocenters. The van der Waals surface area contributed by atoms with Crippen molar-refractivity contribution < 1.29 is 0 Å². The molecule has 1 aliphatic rings. The van der Waals surface area contributed by atoms with Gasteiger partial charge in [-0.25, -0.2) is 0 Å². The Morgan fingerprint density at radius 3 is 2.36 bits per heavy atom. The number of nitrogens with one attached hydrogen (secondary N) is 2. The SMILES string of the molecule is CCCC(C)C1CNCC(C(C)C)N1. The van der Waals surface area contributed by atoms with Crippen molar-refractivity contribution in [2.75, 3.05) is 13.1 Å². The molecule has 0 radical (unpaired) electrons. The van der Waals surface area contributed by atoms with E-state index in [1.165, 1.54) is 12.8 Å². The Kier molecular flexibility index (Phi) is 4.90. The van der Waals surface area contributed by atoms with E-state index in [1.807, 2.05) is 0 Å². The van der Waals surface area contributed by atoms with Gasteiger partial charge in [0.25, 0.3) is 0 Å². The maximum absolute atomic E-state index is 3.77. The van der Waals surface area contributed by atoms with Gasteiger partial charge in [0.15, 0.2) is 0 Å². The normalized spacial score (nSPS) is 30.6. The fourth-order valence-corrected chi connectivity index (χ4v) is 2.24. The van der Waals surface area contributed by atoms with Crippen LogP contribution in [-0.4, -0.2) is 25.2 Å². The second-order valence-corrected chi connectivity index (χ2v) is 5.05. The summed E-state index contributed by atoms with van der Waals surface area (Å²) >= 11 is 0. The van der Waals surface area contributed by atoms with E-state index in [9.17, 15) is 0 Å². The molecule has 1 saturated heterocycles. The van der Waals surface area contributed by atoms with Crippen molar-refractivity contribution in [1.82, 2.24) is 10.6 Å². The Labute approximate surface area is 88.8 Å². The standard InChI is InChI=1S/C12H26N2/c1-5-6-10(4)12-8-13-7-11(14-12)9(2)3/h9-14H,5-8H2,1-4H3. The van der Waals surface area contributed by atoms with Crippen LogP contribution in [0.2, 0.25) is 0 Å². The van der Waals surface area contributed by atoms with Crippen molar-refractivity contribution in [3.05, 3.63) is 0 Å². The fraction of sp³-hybridized carbons (Fsp3) is 1.00. The molecule has 0 aliphatic carbocycles. The summed E-state index contributed by atoms with van der Waals surface area (Å²) in [5.41, 5.74) is 0. The lowest BCUT2D eigenvalue weighted by molar-refractivity contribution is 0.231. The minimum absolute atomic E-state index is 0.660. The van der Waals surface area contributed by atoms with Crippen LogP contribution in [0.4, 0.5) is 0 Å². The van der Waals surface area contributed by atoms with Crippen molar-refractivity contribution in [3.63, 3.8) is 0 Å². The topological polar surface area (TPSA) is 24.1 Å². The zero-order valence-corrected chi connectivity index (χ0v) is 10.1. The summed E-state index contributed by atoms with van der Waals surface area (Å²) < 4.78 is 0. The Morgan fingerprint density at radius 1 is 1.14 bits per heavy atom. The summed E-state index contributed by atoms with van der Waals surface area (Å²) in [6, 6.07) is 1.34. The third kappa shape index (κ3) is 3.25. The third-order valence-electron chi connectivity index (χ3n) is 3.39. The molecular formula is C12H26N2. The lowest BCUT2D eigenvalue weighted by Crippen LogP contribution is -2.58. The summed E-state index contributed by atoms with van der Waals surface area (Å²) in [4.78, 5) is 0. The molecule has 2 N–H and O–H groups in total. The smallest absolute Gasteiger partial charge is 0.0221 e. The van der Waals surface area contributed by atoms with E-state index in [1.54, 1.807) is 0 Å². The van der Waals surface area contributed by atoms with Gasteiger partial charge in [-0.05, 0) is 18.3 Å². The molecule has 3 unspecified atom stereocenters. The molecule has 0 aromatic heterocycles. The van der Waals surface area contributed by atoms with Gasteiger partial charge in [0.1, 0.15) is 0 Å². The summed E-state index contributed by atoms with van der Waals surface area (Å²) in [5.74, 6) is 1.54. The second kappa shape index (κ2) is 5.72. The lowest BCUT2D eigenvalue weighted by Gasteiger charge is -2.37. The van der Waals surface area contributed by atoms with E-state index in [2.05, 4.69) is 38.3 Å². The molecule has 14 heavy (non-hydrogen) atoms. The van der Waals surface area contributed by atoms with Crippen LogP contribution in [0.3, 0.4) is 0 Å². The number of hydrogen-bond donors (Lipinski definition) is 2. The average Bonchev–Trinajstić information content (AvgIpc) is 2.18. The van der Waals surface area contributed by atoms with Crippen molar-refractivity contribution in [2.45, 2.75) is 52.6 Å². The minimum Gasteiger partial charge on any atom is -0.314 e. The van der Waals surface area contributed by atoms with Gasteiger partial charge in [-0.3, -0.25) is 0 Å². The van der Waals surface area contributed by atoms with Gasteiger partial charge in [-0.1, -0.05) is 34.1 Å². The maximum atomic E-state index is 3.77. The first-order chi connectivity index (χ1) is 6.65. The number of rotatable bonds is 4. The van der Waals surface area contributed by atoms with Gasteiger partial charge >= 0.3 is 0 Å². The predicted octanol–water partition coefficient (Wildman–Crippen LogP) is 2.01. The molecule has 2 heteroatoms. The van der Waals surface area contributed by atoms with Crippen LogP contribution in [0, 0.1) is 11.8 Å². The molecule has 0 aromatic rings. The lowest BCUT2D eigenvalue weighted by atomic mass is 9.92. The first-order valence-corrected chi connectivity index (χ1v) is 6.12. The highest BCUT2D eigenvalue weighted by Crippen LogP contribution is 2.15. The Morgan fingerprint density at radius 2 is 1.79 bits per heavy atom. The molecule has 1 fully saturated rings. The molecular weight excluding hydrogens is 172 g/mol. The molecule has 1 heterocycles. The van der Waals surface area contributed by atoms with Crippen molar-refractivity contribution in [1.29, 1.82) is 0 Å². The summed E-state index contributed by atoms with van der Waals surface area (Å²) in [5, 5.41) is 7.32. The van der Waals surface area contributed by atoms with Gasteiger partial charge in [-0.2, -0.15) is 0 Å². The molecule has 0 amide bonds. The van der Waals surface area contributed by atoms with E-state index < -0.39 is 0 Å². The van der Waals surface area contributed by atoms with Gasteiger partial charge in [-0.15, -0.1) is 0 Å². The molecule has 0 aromatic carbocycles. The molecule has 0 bridgehead atoms. The van der Waals surface area contributed by atoms with Crippen molar-refractivity contribution in [2.24, 2.45) is 11.8 Å². The highest BCUT2D eigenvalue weighted by molar-refractivity contribution is 4.87. The van der Waals surface area contributed by atoms with Crippen LogP contribution < -0.4 is 10.6 Å². The van der Waals surface area contributed by atoms with E-state index in [4.69, 9.17) is 0 Å². The summed E-state index contributed by atoms with van der Waals surface area (Å²) in [6.45, 7) is 11.5. The summed E-state index contributed by atoms with van der Waals surface area (Å²) in [6.07, 6.45) is 2.63. The molecule has 2 nitrogen and oxygen atoms in total. The number of piperazine rings is 1. The van der Waals surface area contributed by atoms with Crippen molar-refractivity contribution >= 4 is 0 Å². The first kappa shape index (κ1) is 12.0.